The summed E-state index contributed by atoms with van der Waals surface area (Å²) >= 11 is 0. The van der Waals surface area contributed by atoms with E-state index < -0.39 is 0 Å². The minimum absolute atomic E-state index is 0.455. The second kappa shape index (κ2) is 9.95. The summed E-state index contributed by atoms with van der Waals surface area (Å²) in [6.07, 6.45) is 13.7. The van der Waals surface area contributed by atoms with Crippen LogP contribution in [0.3, 0.4) is 0 Å². The average Bonchev–Trinajstić information content (AvgIpc) is 3.31. The first-order chi connectivity index (χ1) is 16.7. The van der Waals surface area contributed by atoms with Crippen LogP contribution in [-0.2, 0) is 7.05 Å². The van der Waals surface area contributed by atoms with Crippen LogP contribution in [0.25, 0.3) is 22.3 Å². The van der Waals surface area contributed by atoms with Gasteiger partial charge in [-0.1, -0.05) is 19.3 Å². The number of hydrogen-bond acceptors (Lipinski definition) is 6. The summed E-state index contributed by atoms with van der Waals surface area (Å²) in [6.45, 7) is 0. The van der Waals surface area contributed by atoms with Crippen molar-refractivity contribution in [2.75, 3.05) is 17.7 Å². The number of aryl methyl sites for hydroxylation is 1. The highest BCUT2D eigenvalue weighted by atomic mass is 16.5. The van der Waals surface area contributed by atoms with Crippen molar-refractivity contribution >= 4 is 17.3 Å². The standard InChI is InChI=1S/C27H30N6O/c1-33-18-20(17-29-33)23-9-8-22(16-25(23)34-2)30-26-11-10-24(19-12-14-28-15-13-19)27(32-26)31-21-6-4-3-5-7-21/h8-18,21H,3-7H2,1-2H3,(H2,30,31,32). The third-order valence-electron chi connectivity index (χ3n) is 6.32. The van der Waals surface area contributed by atoms with Crippen LogP contribution in [0.5, 0.6) is 5.75 Å². The van der Waals surface area contributed by atoms with Crippen LogP contribution >= 0.6 is 0 Å². The van der Waals surface area contributed by atoms with Crippen molar-refractivity contribution < 1.29 is 4.74 Å². The molecule has 0 amide bonds. The molecule has 0 atom stereocenters. The van der Waals surface area contributed by atoms with E-state index in [1.54, 1.807) is 11.8 Å². The molecule has 0 bridgehead atoms. The molecule has 3 heterocycles. The molecule has 0 saturated heterocycles. The number of ether oxygens (including phenoxy) is 1. The zero-order valence-electron chi connectivity index (χ0n) is 19.7. The molecule has 7 nitrogen and oxygen atoms in total. The van der Waals surface area contributed by atoms with Crippen LogP contribution < -0.4 is 15.4 Å². The van der Waals surface area contributed by atoms with E-state index in [-0.39, 0.29) is 0 Å². The molecule has 174 valence electrons. The Hall–Kier alpha value is -3.87. The first-order valence-electron chi connectivity index (χ1n) is 11.8. The third kappa shape index (κ3) is 4.88. The first-order valence-corrected chi connectivity index (χ1v) is 11.8. The number of anilines is 3. The average molecular weight is 455 g/mol. The summed E-state index contributed by atoms with van der Waals surface area (Å²) in [5, 5.41) is 11.5. The van der Waals surface area contributed by atoms with Crippen molar-refractivity contribution in [1.82, 2.24) is 19.7 Å². The minimum Gasteiger partial charge on any atom is -0.496 e. The molecule has 3 aromatic heterocycles. The van der Waals surface area contributed by atoms with E-state index in [1.807, 2.05) is 68.2 Å². The summed E-state index contributed by atoms with van der Waals surface area (Å²) in [7, 11) is 3.60. The molecule has 1 fully saturated rings. The van der Waals surface area contributed by atoms with E-state index >= 15 is 0 Å². The predicted octanol–water partition coefficient (Wildman–Crippen LogP) is 6.04. The Kier molecular flexibility index (Phi) is 6.42. The van der Waals surface area contributed by atoms with Gasteiger partial charge in [0.25, 0.3) is 0 Å². The highest BCUT2D eigenvalue weighted by Gasteiger charge is 2.17. The lowest BCUT2D eigenvalue weighted by Gasteiger charge is -2.25. The lowest BCUT2D eigenvalue weighted by Crippen LogP contribution is -2.23. The Morgan fingerprint density at radius 1 is 0.941 bits per heavy atom. The summed E-state index contributed by atoms with van der Waals surface area (Å²) < 4.78 is 7.46. The highest BCUT2D eigenvalue weighted by Crippen LogP contribution is 2.34. The predicted molar refractivity (Wildman–Crippen MR) is 136 cm³/mol. The van der Waals surface area contributed by atoms with Gasteiger partial charge in [-0.2, -0.15) is 5.10 Å². The van der Waals surface area contributed by atoms with E-state index in [9.17, 15) is 0 Å². The van der Waals surface area contributed by atoms with Gasteiger partial charge in [-0.3, -0.25) is 9.67 Å². The van der Waals surface area contributed by atoms with Crippen molar-refractivity contribution in [1.29, 1.82) is 0 Å². The zero-order valence-corrected chi connectivity index (χ0v) is 19.7. The molecular weight excluding hydrogens is 424 g/mol. The van der Waals surface area contributed by atoms with Gasteiger partial charge in [-0.25, -0.2) is 4.98 Å². The van der Waals surface area contributed by atoms with E-state index in [2.05, 4.69) is 26.8 Å². The van der Waals surface area contributed by atoms with Crippen molar-refractivity contribution in [3.63, 3.8) is 0 Å². The summed E-state index contributed by atoms with van der Waals surface area (Å²) in [5.74, 6) is 2.47. The Balaban J connectivity index is 1.43. The Morgan fingerprint density at radius 2 is 1.74 bits per heavy atom. The Bertz CT molecular complexity index is 1250. The van der Waals surface area contributed by atoms with Gasteiger partial charge < -0.3 is 15.4 Å². The molecule has 1 saturated carbocycles. The van der Waals surface area contributed by atoms with Gasteiger partial charge in [-0.15, -0.1) is 0 Å². The van der Waals surface area contributed by atoms with E-state index in [4.69, 9.17) is 9.72 Å². The third-order valence-corrected chi connectivity index (χ3v) is 6.32. The van der Waals surface area contributed by atoms with Gasteiger partial charge >= 0.3 is 0 Å². The molecule has 0 spiro atoms. The Labute approximate surface area is 200 Å². The van der Waals surface area contributed by atoms with Crippen molar-refractivity contribution in [2.45, 2.75) is 38.1 Å². The van der Waals surface area contributed by atoms with E-state index in [0.29, 0.717) is 6.04 Å². The number of benzene rings is 1. The maximum Gasteiger partial charge on any atom is 0.136 e. The number of nitrogens with zero attached hydrogens (tertiary/aromatic N) is 4. The van der Waals surface area contributed by atoms with Crippen LogP contribution in [0, 0.1) is 0 Å². The molecule has 1 aliphatic carbocycles. The normalized spacial score (nSPS) is 14.1. The molecule has 5 rings (SSSR count). The van der Waals surface area contributed by atoms with Crippen LogP contribution in [0.2, 0.25) is 0 Å². The molecule has 7 heteroatoms. The van der Waals surface area contributed by atoms with Crippen molar-refractivity contribution in [3.8, 4) is 28.0 Å². The molecule has 1 aromatic carbocycles. The number of hydrogen-bond donors (Lipinski definition) is 2. The van der Waals surface area contributed by atoms with Gasteiger partial charge in [0.05, 0.1) is 13.3 Å². The van der Waals surface area contributed by atoms with Crippen LogP contribution in [0.1, 0.15) is 32.1 Å². The topological polar surface area (TPSA) is 76.9 Å². The van der Waals surface area contributed by atoms with Crippen molar-refractivity contribution in [2.24, 2.45) is 7.05 Å². The highest BCUT2D eigenvalue weighted by molar-refractivity contribution is 5.78. The molecule has 2 N–H and O–H groups in total. The molecule has 0 radical (unpaired) electrons. The van der Waals surface area contributed by atoms with Gasteiger partial charge in [0, 0.05) is 60.1 Å². The van der Waals surface area contributed by atoms with Crippen molar-refractivity contribution in [3.05, 3.63) is 67.3 Å². The second-order valence-electron chi connectivity index (χ2n) is 8.75. The zero-order chi connectivity index (χ0) is 23.3. The second-order valence-corrected chi connectivity index (χ2v) is 8.75. The molecule has 34 heavy (non-hydrogen) atoms. The van der Waals surface area contributed by atoms with Crippen LogP contribution in [0.4, 0.5) is 17.3 Å². The van der Waals surface area contributed by atoms with Gasteiger partial charge in [-0.05, 0) is 54.8 Å². The number of methoxy groups -OCH3 is 1. The summed E-state index contributed by atoms with van der Waals surface area (Å²) in [5.41, 5.74) is 5.13. The monoisotopic (exact) mass is 454 g/mol. The first kappa shape index (κ1) is 21.9. The van der Waals surface area contributed by atoms with Crippen LogP contribution in [-0.4, -0.2) is 32.9 Å². The largest absolute Gasteiger partial charge is 0.496 e. The lowest BCUT2D eigenvalue weighted by molar-refractivity contribution is 0.416. The molecule has 0 unspecified atom stereocenters. The van der Waals surface area contributed by atoms with E-state index in [0.717, 1.165) is 45.3 Å². The fourth-order valence-electron chi connectivity index (χ4n) is 4.56. The number of pyridine rings is 2. The summed E-state index contributed by atoms with van der Waals surface area (Å²) in [6, 6.07) is 14.7. The fourth-order valence-corrected chi connectivity index (χ4v) is 4.56. The summed E-state index contributed by atoms with van der Waals surface area (Å²) in [4.78, 5) is 9.15. The SMILES string of the molecule is COc1cc(Nc2ccc(-c3ccncc3)c(NC3CCCCC3)n2)ccc1-c1cnn(C)c1. The Morgan fingerprint density at radius 3 is 2.47 bits per heavy atom. The number of rotatable bonds is 7. The minimum atomic E-state index is 0.455. The van der Waals surface area contributed by atoms with E-state index in [1.165, 1.54) is 32.1 Å². The quantitative estimate of drug-likeness (QED) is 0.354. The van der Waals surface area contributed by atoms with Crippen LogP contribution in [0.15, 0.2) is 67.3 Å². The molecule has 4 aromatic rings. The smallest absolute Gasteiger partial charge is 0.136 e. The van der Waals surface area contributed by atoms with Gasteiger partial charge in [0.1, 0.15) is 17.4 Å². The molecule has 1 aliphatic rings. The molecular formula is C27H30N6O. The maximum absolute atomic E-state index is 5.67. The number of nitrogens with one attached hydrogen (secondary N) is 2. The van der Waals surface area contributed by atoms with Gasteiger partial charge in [0.2, 0.25) is 0 Å². The fraction of sp³-hybridized carbons (Fsp3) is 0.296. The van der Waals surface area contributed by atoms with Gasteiger partial charge in [0.15, 0.2) is 0 Å². The molecule has 0 aliphatic heterocycles. The lowest BCUT2D eigenvalue weighted by atomic mass is 9.95. The number of aromatic nitrogens is 4. The maximum atomic E-state index is 5.67.